The van der Waals surface area contributed by atoms with E-state index in [1.165, 1.54) is 80.8 Å². The molecule has 518 valence electrons. The van der Waals surface area contributed by atoms with Gasteiger partial charge >= 0.3 is 0 Å². The minimum absolute atomic E-state index is 0.0105. The molecule has 2 aliphatic heterocycles. The summed E-state index contributed by atoms with van der Waals surface area (Å²) in [5.74, 6) is 3.28. The molecule has 0 saturated heterocycles. The monoisotopic (exact) mass is 1420 g/mol. The Labute approximate surface area is 639 Å². The molecule has 0 amide bonds. The van der Waals surface area contributed by atoms with Gasteiger partial charge in [0.2, 0.25) is 0 Å². The van der Waals surface area contributed by atoms with Crippen LogP contribution in [0.5, 0.6) is 11.5 Å². The molecule has 0 spiro atoms. The molecule has 0 fully saturated rings. The van der Waals surface area contributed by atoms with Gasteiger partial charge in [-0.15, -0.1) is 0 Å². The average Bonchev–Trinajstić information content (AvgIpc) is 1.52. The van der Waals surface area contributed by atoms with Gasteiger partial charge in [-0.1, -0.05) is 255 Å². The lowest BCUT2D eigenvalue weighted by Crippen LogP contribution is -2.16. The average molecular weight is 1430 g/mol. The summed E-state index contributed by atoms with van der Waals surface area (Å²) in [6.45, 7) is 0. The molecule has 2 aliphatic carbocycles. The van der Waals surface area contributed by atoms with Gasteiger partial charge in [0.1, 0.15) is 35.1 Å². The van der Waals surface area contributed by atoms with Gasteiger partial charge in [-0.25, -0.2) is 19.9 Å². The minimum Gasteiger partial charge on any atom is -0.485 e. The molecule has 4 atom stereocenters. The Kier molecular flexibility index (Phi) is 12.1. The van der Waals surface area contributed by atoms with Gasteiger partial charge in [-0.2, -0.15) is 0 Å². The molecular weight excluding hydrogens is 1370 g/mol. The molecule has 18 aromatic carbocycles. The highest BCUT2D eigenvalue weighted by molar-refractivity contribution is 6.38. The third kappa shape index (κ3) is 8.33. The van der Waals surface area contributed by atoms with E-state index >= 15 is 0 Å². The predicted molar refractivity (Wildman–Crippen MR) is 464 cm³/mol. The SMILES string of the molecule is C1=CC2Oc3cccc(-c4nc5c(ccc6cc(-c7ccc8c(c7)c7ccccc7c7ccc9c(c%10cc%11ccccc%11cc%10n9-c9nc%10c(ccc%11ccccc%11%10)nc9-c9cccc%10c9C9C=CC=CC9O%10)c78)ccc65)nc4-n4c5cc6ccccc6cc5c5c6c7ccccc7c7ccccc7c6ccc54)c3C2C=C1. The molecule has 8 heteroatoms. The van der Waals surface area contributed by atoms with Crippen molar-refractivity contribution in [1.82, 2.24) is 29.1 Å². The highest BCUT2D eigenvalue weighted by atomic mass is 16.5. The lowest BCUT2D eigenvalue weighted by Gasteiger charge is -2.19. The Balaban J connectivity index is 0.694. The molecule has 6 heterocycles. The molecule has 8 nitrogen and oxygen atoms in total. The van der Waals surface area contributed by atoms with Crippen LogP contribution in [-0.4, -0.2) is 41.3 Å². The van der Waals surface area contributed by atoms with Gasteiger partial charge in [0.15, 0.2) is 11.6 Å². The first-order chi connectivity index (χ1) is 55.5. The molecule has 4 unspecified atom stereocenters. The van der Waals surface area contributed by atoms with Crippen LogP contribution in [0.4, 0.5) is 0 Å². The van der Waals surface area contributed by atoms with Gasteiger partial charge in [-0.3, -0.25) is 9.13 Å². The number of allylic oxidation sites excluding steroid dienone is 4. The van der Waals surface area contributed by atoms with Crippen LogP contribution in [0.15, 0.2) is 340 Å². The van der Waals surface area contributed by atoms with Gasteiger partial charge in [0, 0.05) is 77.2 Å². The van der Waals surface area contributed by atoms with Crippen molar-refractivity contribution in [3.05, 3.63) is 351 Å². The van der Waals surface area contributed by atoms with Crippen molar-refractivity contribution >= 4 is 173 Å². The lowest BCUT2D eigenvalue weighted by atomic mass is 9.87. The fraction of sp³-hybridized carbons (Fsp3) is 0.0385. The van der Waals surface area contributed by atoms with Crippen molar-refractivity contribution in [3.63, 3.8) is 0 Å². The summed E-state index contributed by atoms with van der Waals surface area (Å²) < 4.78 is 18.4. The maximum atomic E-state index is 6.83. The van der Waals surface area contributed by atoms with E-state index in [1.807, 2.05) is 0 Å². The van der Waals surface area contributed by atoms with Crippen LogP contribution in [-0.2, 0) is 0 Å². The van der Waals surface area contributed by atoms with Gasteiger partial charge in [0.25, 0.3) is 0 Å². The quantitative estimate of drug-likeness (QED) is 0.160. The molecule has 26 rings (SSSR count). The fourth-order valence-corrected chi connectivity index (χ4v) is 20.1. The summed E-state index contributed by atoms with van der Waals surface area (Å²) >= 11 is 0. The van der Waals surface area contributed by atoms with E-state index in [0.29, 0.717) is 0 Å². The number of ether oxygens (including phenoxy) is 2. The van der Waals surface area contributed by atoms with E-state index in [9.17, 15) is 0 Å². The van der Waals surface area contributed by atoms with Crippen molar-refractivity contribution in [3.8, 4) is 56.8 Å². The summed E-state index contributed by atoms with van der Waals surface area (Å²) in [7, 11) is 0. The first kappa shape index (κ1) is 60.4. The Morgan fingerprint density at radius 1 is 0.250 bits per heavy atom. The number of benzene rings is 18. The third-order valence-corrected chi connectivity index (χ3v) is 25.0. The molecular formula is C104H60N6O2. The zero-order valence-corrected chi connectivity index (χ0v) is 60.1. The van der Waals surface area contributed by atoms with Crippen LogP contribution in [0.2, 0.25) is 0 Å². The Morgan fingerprint density at radius 3 is 1.24 bits per heavy atom. The van der Waals surface area contributed by atoms with Gasteiger partial charge in [0.05, 0.1) is 44.1 Å². The van der Waals surface area contributed by atoms with Crippen molar-refractivity contribution in [2.24, 2.45) is 0 Å². The Bertz CT molecular complexity index is 8220. The van der Waals surface area contributed by atoms with Crippen LogP contribution in [0, 0.1) is 0 Å². The van der Waals surface area contributed by atoms with Crippen molar-refractivity contribution in [1.29, 1.82) is 0 Å². The van der Waals surface area contributed by atoms with Crippen molar-refractivity contribution < 1.29 is 9.47 Å². The fourth-order valence-electron chi connectivity index (χ4n) is 20.1. The highest BCUT2D eigenvalue weighted by Gasteiger charge is 2.38. The second kappa shape index (κ2) is 22.5. The summed E-state index contributed by atoms with van der Waals surface area (Å²) in [5, 5.41) is 28.1. The number of aromatic nitrogens is 6. The lowest BCUT2D eigenvalue weighted by molar-refractivity contribution is 0.269. The first-order valence-corrected chi connectivity index (χ1v) is 38.7. The molecule has 0 N–H and O–H groups in total. The maximum absolute atomic E-state index is 6.83. The van der Waals surface area contributed by atoms with Crippen molar-refractivity contribution in [2.45, 2.75) is 24.0 Å². The number of fused-ring (bicyclic) bond motifs is 34. The van der Waals surface area contributed by atoms with E-state index in [2.05, 4.69) is 349 Å². The normalized spacial score (nSPS) is 16.4. The molecule has 4 aliphatic rings. The Morgan fingerprint density at radius 2 is 0.661 bits per heavy atom. The minimum atomic E-state index is -0.133. The molecule has 0 saturated carbocycles. The summed E-state index contributed by atoms with van der Waals surface area (Å²) in [4.78, 5) is 23.7. The predicted octanol–water partition coefficient (Wildman–Crippen LogP) is 26.2. The van der Waals surface area contributed by atoms with E-state index in [4.69, 9.17) is 29.4 Å². The topological polar surface area (TPSA) is 79.9 Å². The number of hydrogen-bond donors (Lipinski definition) is 0. The highest BCUT2D eigenvalue weighted by Crippen LogP contribution is 2.53. The van der Waals surface area contributed by atoms with Crippen molar-refractivity contribution in [2.75, 3.05) is 0 Å². The first-order valence-electron chi connectivity index (χ1n) is 38.7. The zero-order valence-electron chi connectivity index (χ0n) is 60.1. The maximum Gasteiger partial charge on any atom is 0.165 e. The van der Waals surface area contributed by atoms with Crippen LogP contribution in [0.3, 0.4) is 0 Å². The number of hydrogen-bond acceptors (Lipinski definition) is 6. The zero-order chi connectivity index (χ0) is 72.7. The molecule has 0 bridgehead atoms. The standard InChI is InChI=1S/C104H60N6O2/c1-3-22-60-55-87-81(53-58(60)20-1)97-85(49-45-73-69-27-8-7-25-67(69)68-26-11-12-30-72(68)95(73)97)109(87)103-102(79-34-18-38-92-94(79)77-32-14-16-36-90(77)112-92)107-99-66-43-39-62(51-64(66)42-48-84(99)106-103)63-40-44-75-80(52-63)71-29-10-9-28-70(71)74-46-50-86-98(96(74)75)82-54-59-21-2-4-23-61(59)56-88(82)110(86)104-101(105-83-47-41-57-19-5-6-24-65(57)100(83)108-104)78-33-17-37-91-93(78)76-31-13-15-35-89(76)111-91/h1-56,76-77,89-90H. The van der Waals surface area contributed by atoms with E-state index in [-0.39, 0.29) is 24.0 Å². The molecule has 0 radical (unpaired) electrons. The smallest absolute Gasteiger partial charge is 0.165 e. The number of nitrogens with zero attached hydrogens (tertiary/aromatic N) is 6. The summed E-state index contributed by atoms with van der Waals surface area (Å²) in [5.41, 5.74) is 15.7. The van der Waals surface area contributed by atoms with Gasteiger partial charge in [-0.05, 0) is 182 Å². The summed E-state index contributed by atoms with van der Waals surface area (Å²) in [6, 6.07) is 107. The van der Waals surface area contributed by atoms with Crippen LogP contribution >= 0.6 is 0 Å². The van der Waals surface area contributed by atoms with E-state index < -0.39 is 0 Å². The van der Waals surface area contributed by atoms with E-state index in [0.717, 1.165) is 161 Å². The molecule has 112 heavy (non-hydrogen) atoms. The van der Waals surface area contributed by atoms with E-state index in [1.54, 1.807) is 0 Å². The number of rotatable bonds is 5. The van der Waals surface area contributed by atoms with Crippen LogP contribution < -0.4 is 9.47 Å². The van der Waals surface area contributed by atoms with Gasteiger partial charge < -0.3 is 9.47 Å². The van der Waals surface area contributed by atoms with Crippen LogP contribution in [0.25, 0.3) is 219 Å². The molecule has 4 aromatic heterocycles. The van der Waals surface area contributed by atoms with Crippen LogP contribution in [0.1, 0.15) is 23.0 Å². The Hall–Kier alpha value is -14.6. The largest absolute Gasteiger partial charge is 0.485 e. The second-order valence-corrected chi connectivity index (χ2v) is 30.8. The third-order valence-electron chi connectivity index (χ3n) is 25.0. The second-order valence-electron chi connectivity index (χ2n) is 30.8. The summed E-state index contributed by atoms with van der Waals surface area (Å²) in [6.07, 6.45) is 17.1. The molecule has 22 aromatic rings.